The molecule has 18 heavy (non-hydrogen) atoms. The van der Waals surface area contributed by atoms with Gasteiger partial charge in [-0.25, -0.2) is 9.37 Å². The van der Waals surface area contributed by atoms with Crippen LogP contribution in [-0.2, 0) is 13.0 Å². The average molecular weight is 264 g/mol. The van der Waals surface area contributed by atoms with Gasteiger partial charge in [-0.2, -0.15) is 0 Å². The minimum absolute atomic E-state index is 0.209. The molecule has 1 aromatic heterocycles. The van der Waals surface area contributed by atoms with Gasteiger partial charge < -0.3 is 5.32 Å². The highest BCUT2D eigenvalue weighted by Crippen LogP contribution is 2.31. The van der Waals surface area contributed by atoms with Gasteiger partial charge in [-0.3, -0.25) is 0 Å². The van der Waals surface area contributed by atoms with E-state index in [0.717, 1.165) is 34.8 Å². The van der Waals surface area contributed by atoms with Crippen LogP contribution in [-0.4, -0.2) is 12.0 Å². The van der Waals surface area contributed by atoms with Crippen LogP contribution in [0.3, 0.4) is 0 Å². The zero-order chi connectivity index (χ0) is 13.1. The molecule has 0 bridgehead atoms. The van der Waals surface area contributed by atoms with Crippen molar-refractivity contribution in [2.75, 3.05) is 7.05 Å². The van der Waals surface area contributed by atoms with Gasteiger partial charge in [0, 0.05) is 17.0 Å². The zero-order valence-corrected chi connectivity index (χ0v) is 11.7. The SMILES string of the molecule is CCc1nc(-c2cc(F)ccc2C)sc1CNC. The van der Waals surface area contributed by atoms with Gasteiger partial charge in [0.25, 0.3) is 0 Å². The van der Waals surface area contributed by atoms with Crippen molar-refractivity contribution in [2.24, 2.45) is 0 Å². The van der Waals surface area contributed by atoms with Crippen molar-refractivity contribution >= 4 is 11.3 Å². The smallest absolute Gasteiger partial charge is 0.124 e. The molecule has 0 radical (unpaired) electrons. The molecule has 1 heterocycles. The summed E-state index contributed by atoms with van der Waals surface area (Å²) in [6.07, 6.45) is 0.905. The summed E-state index contributed by atoms with van der Waals surface area (Å²) in [5.74, 6) is -0.209. The van der Waals surface area contributed by atoms with Gasteiger partial charge in [-0.15, -0.1) is 11.3 Å². The lowest BCUT2D eigenvalue weighted by molar-refractivity contribution is 0.628. The first-order chi connectivity index (χ1) is 8.65. The Morgan fingerprint density at radius 1 is 1.39 bits per heavy atom. The molecule has 1 N–H and O–H groups in total. The van der Waals surface area contributed by atoms with E-state index in [2.05, 4.69) is 17.2 Å². The van der Waals surface area contributed by atoms with Crippen molar-refractivity contribution in [3.8, 4) is 10.6 Å². The van der Waals surface area contributed by atoms with E-state index < -0.39 is 0 Å². The standard InChI is InChI=1S/C14H17FN2S/c1-4-12-13(8-16-3)18-14(17-12)11-7-10(15)6-5-9(11)2/h5-7,16H,4,8H2,1-3H3. The van der Waals surface area contributed by atoms with Gasteiger partial charge in [0.15, 0.2) is 0 Å². The Labute approximate surface area is 111 Å². The number of nitrogens with zero attached hydrogens (tertiary/aromatic N) is 1. The summed E-state index contributed by atoms with van der Waals surface area (Å²) >= 11 is 1.64. The van der Waals surface area contributed by atoms with Crippen LogP contribution in [0.2, 0.25) is 0 Å². The van der Waals surface area contributed by atoms with E-state index in [4.69, 9.17) is 0 Å². The first-order valence-corrected chi connectivity index (χ1v) is 6.87. The third-order valence-electron chi connectivity index (χ3n) is 2.88. The molecule has 4 heteroatoms. The number of hydrogen-bond donors (Lipinski definition) is 1. The second-order valence-electron chi connectivity index (χ2n) is 4.23. The molecule has 0 fully saturated rings. The predicted octanol–water partition coefficient (Wildman–Crippen LogP) is 3.54. The highest BCUT2D eigenvalue weighted by molar-refractivity contribution is 7.15. The molecule has 0 unspecified atom stereocenters. The van der Waals surface area contributed by atoms with Crippen molar-refractivity contribution in [2.45, 2.75) is 26.8 Å². The van der Waals surface area contributed by atoms with E-state index in [0.29, 0.717) is 0 Å². The molecule has 0 aliphatic carbocycles. The molecule has 0 amide bonds. The number of hydrogen-bond acceptors (Lipinski definition) is 3. The number of rotatable bonds is 4. The van der Waals surface area contributed by atoms with E-state index in [1.54, 1.807) is 23.5 Å². The summed E-state index contributed by atoms with van der Waals surface area (Å²) in [6.45, 7) is 4.89. The van der Waals surface area contributed by atoms with Crippen molar-refractivity contribution < 1.29 is 4.39 Å². The Hall–Kier alpha value is -1.26. The lowest BCUT2D eigenvalue weighted by Gasteiger charge is -2.01. The van der Waals surface area contributed by atoms with Crippen LogP contribution in [0.5, 0.6) is 0 Å². The molecule has 0 saturated carbocycles. The van der Waals surface area contributed by atoms with Gasteiger partial charge >= 0.3 is 0 Å². The Bertz CT molecular complexity index is 549. The Kier molecular flexibility index (Phi) is 4.09. The summed E-state index contributed by atoms with van der Waals surface area (Å²) in [4.78, 5) is 5.87. The molecule has 0 spiro atoms. The minimum Gasteiger partial charge on any atom is -0.315 e. The summed E-state index contributed by atoms with van der Waals surface area (Å²) in [7, 11) is 1.92. The van der Waals surface area contributed by atoms with Gasteiger partial charge in [-0.05, 0) is 38.1 Å². The fraction of sp³-hybridized carbons (Fsp3) is 0.357. The van der Waals surface area contributed by atoms with E-state index in [9.17, 15) is 4.39 Å². The van der Waals surface area contributed by atoms with Gasteiger partial charge in [0.2, 0.25) is 0 Å². The molecule has 96 valence electrons. The summed E-state index contributed by atoms with van der Waals surface area (Å²) < 4.78 is 13.3. The minimum atomic E-state index is -0.209. The van der Waals surface area contributed by atoms with Crippen molar-refractivity contribution in [3.63, 3.8) is 0 Å². The molecule has 0 saturated heterocycles. The quantitative estimate of drug-likeness (QED) is 0.913. The summed E-state index contributed by atoms with van der Waals surface area (Å²) in [5, 5.41) is 4.06. The van der Waals surface area contributed by atoms with E-state index in [1.165, 1.54) is 10.9 Å². The van der Waals surface area contributed by atoms with Crippen LogP contribution < -0.4 is 5.32 Å². The summed E-state index contributed by atoms with van der Waals surface area (Å²) in [6, 6.07) is 4.86. The first-order valence-electron chi connectivity index (χ1n) is 6.05. The Morgan fingerprint density at radius 2 is 2.17 bits per heavy atom. The number of nitrogens with one attached hydrogen (secondary N) is 1. The monoisotopic (exact) mass is 264 g/mol. The number of halogens is 1. The number of thiazole rings is 1. The second kappa shape index (κ2) is 5.59. The molecular formula is C14H17FN2S. The highest BCUT2D eigenvalue weighted by Gasteiger charge is 2.12. The van der Waals surface area contributed by atoms with E-state index in [1.807, 2.05) is 14.0 Å². The molecule has 0 atom stereocenters. The average Bonchev–Trinajstić information content (AvgIpc) is 2.76. The maximum absolute atomic E-state index is 13.3. The fourth-order valence-corrected chi connectivity index (χ4v) is 3.14. The van der Waals surface area contributed by atoms with Crippen molar-refractivity contribution in [1.82, 2.24) is 10.3 Å². The van der Waals surface area contributed by atoms with Crippen molar-refractivity contribution in [3.05, 3.63) is 40.2 Å². The predicted molar refractivity (Wildman–Crippen MR) is 74.4 cm³/mol. The third-order valence-corrected chi connectivity index (χ3v) is 4.01. The van der Waals surface area contributed by atoms with Crippen LogP contribution >= 0.6 is 11.3 Å². The molecular weight excluding hydrogens is 247 g/mol. The zero-order valence-electron chi connectivity index (χ0n) is 10.9. The summed E-state index contributed by atoms with van der Waals surface area (Å²) in [5.41, 5.74) is 3.06. The van der Waals surface area contributed by atoms with Crippen LogP contribution in [0.15, 0.2) is 18.2 Å². The van der Waals surface area contributed by atoms with Crippen molar-refractivity contribution in [1.29, 1.82) is 0 Å². The number of aromatic nitrogens is 1. The van der Waals surface area contributed by atoms with Gasteiger partial charge in [0.05, 0.1) is 5.69 Å². The molecule has 1 aromatic carbocycles. The number of benzene rings is 1. The van der Waals surface area contributed by atoms with Gasteiger partial charge in [-0.1, -0.05) is 13.0 Å². The van der Waals surface area contributed by atoms with Crippen LogP contribution in [0.1, 0.15) is 23.1 Å². The molecule has 2 aromatic rings. The fourth-order valence-electron chi connectivity index (χ4n) is 1.90. The maximum atomic E-state index is 13.3. The molecule has 0 aliphatic rings. The maximum Gasteiger partial charge on any atom is 0.124 e. The first kappa shape index (κ1) is 13.2. The molecule has 2 nitrogen and oxygen atoms in total. The van der Waals surface area contributed by atoms with Crippen LogP contribution in [0.25, 0.3) is 10.6 Å². The molecule has 2 rings (SSSR count). The Balaban J connectivity index is 2.47. The largest absolute Gasteiger partial charge is 0.315 e. The lowest BCUT2D eigenvalue weighted by Crippen LogP contribution is -2.05. The third kappa shape index (κ3) is 2.60. The molecule has 0 aliphatic heterocycles. The Morgan fingerprint density at radius 3 is 2.83 bits per heavy atom. The van der Waals surface area contributed by atoms with E-state index in [-0.39, 0.29) is 5.82 Å². The second-order valence-corrected chi connectivity index (χ2v) is 5.32. The lowest BCUT2D eigenvalue weighted by atomic mass is 10.1. The van der Waals surface area contributed by atoms with E-state index >= 15 is 0 Å². The normalized spacial score (nSPS) is 10.9. The highest BCUT2D eigenvalue weighted by atomic mass is 32.1. The van der Waals surface area contributed by atoms with Gasteiger partial charge in [0.1, 0.15) is 10.8 Å². The van der Waals surface area contributed by atoms with Crippen LogP contribution in [0, 0.1) is 12.7 Å². The number of aryl methyl sites for hydroxylation is 2. The van der Waals surface area contributed by atoms with Crippen LogP contribution in [0.4, 0.5) is 4.39 Å². The topological polar surface area (TPSA) is 24.9 Å².